The van der Waals surface area contributed by atoms with Crippen LogP contribution in [0, 0.1) is 0 Å². The summed E-state index contributed by atoms with van der Waals surface area (Å²) in [6, 6.07) is 0.892. The second kappa shape index (κ2) is 5.64. The Morgan fingerprint density at radius 3 is 3.00 bits per heavy atom. The van der Waals surface area contributed by atoms with Gasteiger partial charge in [0.05, 0.1) is 20.1 Å². The molecule has 16 heavy (non-hydrogen) atoms. The molecule has 4 heteroatoms. The quantitative estimate of drug-likeness (QED) is 0.679. The van der Waals surface area contributed by atoms with Gasteiger partial charge in [-0.15, -0.1) is 0 Å². The highest BCUT2D eigenvalue weighted by molar-refractivity contribution is 5.69. The van der Waals surface area contributed by atoms with E-state index in [9.17, 15) is 4.79 Å². The molecule has 2 atom stereocenters. The van der Waals surface area contributed by atoms with Gasteiger partial charge in [-0.1, -0.05) is 6.42 Å². The second-order valence-corrected chi connectivity index (χ2v) is 4.69. The Bertz CT molecular complexity index is 238. The van der Waals surface area contributed by atoms with Crippen LogP contribution in [0.1, 0.15) is 32.1 Å². The molecule has 0 spiro atoms. The van der Waals surface area contributed by atoms with Gasteiger partial charge in [-0.2, -0.15) is 0 Å². The fourth-order valence-corrected chi connectivity index (χ4v) is 2.78. The molecule has 0 radical (unpaired) electrons. The van der Waals surface area contributed by atoms with Gasteiger partial charge in [0.15, 0.2) is 0 Å². The third kappa shape index (κ3) is 2.74. The molecule has 92 valence electrons. The maximum atomic E-state index is 11.4. The van der Waals surface area contributed by atoms with E-state index in [-0.39, 0.29) is 5.97 Å². The van der Waals surface area contributed by atoms with Crippen molar-refractivity contribution in [2.45, 2.75) is 44.2 Å². The zero-order valence-electron chi connectivity index (χ0n) is 9.98. The summed E-state index contributed by atoms with van der Waals surface area (Å²) >= 11 is 0. The van der Waals surface area contributed by atoms with Gasteiger partial charge in [-0.3, -0.25) is 9.69 Å². The monoisotopic (exact) mass is 227 g/mol. The number of methoxy groups -OCH3 is 1. The smallest absolute Gasteiger partial charge is 0.307 e. The van der Waals surface area contributed by atoms with Crippen molar-refractivity contribution in [1.29, 1.82) is 0 Å². The van der Waals surface area contributed by atoms with Gasteiger partial charge in [-0.05, 0) is 25.8 Å². The van der Waals surface area contributed by atoms with E-state index in [2.05, 4.69) is 4.90 Å². The lowest BCUT2D eigenvalue weighted by Crippen LogP contribution is -2.47. The first-order valence-corrected chi connectivity index (χ1v) is 6.21. The number of piperidine rings is 1. The Labute approximate surface area is 96.9 Å². The van der Waals surface area contributed by atoms with E-state index < -0.39 is 0 Å². The molecule has 2 saturated heterocycles. The van der Waals surface area contributed by atoms with E-state index in [1.165, 1.54) is 20.0 Å². The number of likely N-dealkylation sites (tertiary alicyclic amines) is 1. The minimum absolute atomic E-state index is 0.0872. The summed E-state index contributed by atoms with van der Waals surface area (Å²) < 4.78 is 10.2. The summed E-state index contributed by atoms with van der Waals surface area (Å²) in [6.07, 6.45) is 5.23. The fourth-order valence-electron chi connectivity index (χ4n) is 2.78. The van der Waals surface area contributed by atoms with Crippen LogP contribution < -0.4 is 0 Å². The fraction of sp³-hybridized carbons (Fsp3) is 0.917. The molecule has 2 fully saturated rings. The molecule has 0 aliphatic carbocycles. The summed E-state index contributed by atoms with van der Waals surface area (Å²) in [7, 11) is 1.47. The van der Waals surface area contributed by atoms with Gasteiger partial charge in [0.1, 0.15) is 0 Å². The molecule has 2 unspecified atom stereocenters. The van der Waals surface area contributed by atoms with Gasteiger partial charge < -0.3 is 9.47 Å². The predicted molar refractivity (Wildman–Crippen MR) is 60.2 cm³/mol. The highest BCUT2D eigenvalue weighted by atomic mass is 16.5. The standard InChI is InChI=1S/C12H21NO3/c1-15-12(14)8-10-4-2-3-6-13(10)11-5-7-16-9-11/h10-11H,2-9H2,1H3. The zero-order valence-corrected chi connectivity index (χ0v) is 9.98. The van der Waals surface area contributed by atoms with Crippen LogP contribution in [-0.2, 0) is 14.3 Å². The minimum Gasteiger partial charge on any atom is -0.469 e. The van der Waals surface area contributed by atoms with E-state index in [1.54, 1.807) is 0 Å². The Hall–Kier alpha value is -0.610. The number of carbonyl (C=O) groups is 1. The Morgan fingerprint density at radius 1 is 1.44 bits per heavy atom. The SMILES string of the molecule is COC(=O)CC1CCCCN1C1CCOC1. The summed E-state index contributed by atoms with van der Waals surface area (Å²) in [5, 5.41) is 0. The van der Waals surface area contributed by atoms with Crippen molar-refractivity contribution in [2.75, 3.05) is 26.9 Å². The molecule has 2 aliphatic rings. The van der Waals surface area contributed by atoms with Gasteiger partial charge in [0, 0.05) is 18.7 Å². The van der Waals surface area contributed by atoms with E-state index in [1.807, 2.05) is 0 Å². The van der Waals surface area contributed by atoms with Crippen molar-refractivity contribution in [3.8, 4) is 0 Å². The zero-order chi connectivity index (χ0) is 11.4. The third-order valence-electron chi connectivity index (χ3n) is 3.68. The molecule has 2 rings (SSSR count). The van der Waals surface area contributed by atoms with Gasteiger partial charge >= 0.3 is 5.97 Å². The summed E-state index contributed by atoms with van der Waals surface area (Å²) in [5.41, 5.74) is 0. The Morgan fingerprint density at radius 2 is 2.31 bits per heavy atom. The average molecular weight is 227 g/mol. The summed E-state index contributed by atoms with van der Waals surface area (Å²) in [6.45, 7) is 2.81. The van der Waals surface area contributed by atoms with Crippen molar-refractivity contribution in [2.24, 2.45) is 0 Å². The van der Waals surface area contributed by atoms with Crippen LogP contribution in [0.25, 0.3) is 0 Å². The molecule has 4 nitrogen and oxygen atoms in total. The first kappa shape index (κ1) is 11.9. The van der Waals surface area contributed by atoms with Crippen molar-refractivity contribution in [3.63, 3.8) is 0 Å². The average Bonchev–Trinajstić information content (AvgIpc) is 2.83. The van der Waals surface area contributed by atoms with Crippen LogP contribution in [0.4, 0.5) is 0 Å². The molecule has 0 amide bonds. The lowest BCUT2D eigenvalue weighted by Gasteiger charge is -2.38. The molecule has 0 aromatic carbocycles. The molecule has 0 bridgehead atoms. The van der Waals surface area contributed by atoms with Crippen LogP contribution in [0.5, 0.6) is 0 Å². The molecule has 0 saturated carbocycles. The number of ether oxygens (including phenoxy) is 2. The van der Waals surface area contributed by atoms with Gasteiger partial charge in [0.25, 0.3) is 0 Å². The van der Waals surface area contributed by atoms with E-state index >= 15 is 0 Å². The number of nitrogens with zero attached hydrogens (tertiary/aromatic N) is 1. The molecule has 0 N–H and O–H groups in total. The van der Waals surface area contributed by atoms with Crippen LogP contribution in [0.2, 0.25) is 0 Å². The maximum Gasteiger partial charge on any atom is 0.307 e. The van der Waals surface area contributed by atoms with Crippen molar-refractivity contribution in [1.82, 2.24) is 4.90 Å². The van der Waals surface area contributed by atoms with E-state index in [0.29, 0.717) is 18.5 Å². The van der Waals surface area contributed by atoms with E-state index in [0.717, 1.165) is 32.6 Å². The Kier molecular flexibility index (Phi) is 4.18. The number of hydrogen-bond acceptors (Lipinski definition) is 4. The molecule has 0 aromatic rings. The van der Waals surface area contributed by atoms with Crippen molar-refractivity contribution < 1.29 is 14.3 Å². The topological polar surface area (TPSA) is 38.8 Å². The van der Waals surface area contributed by atoms with Gasteiger partial charge in [0.2, 0.25) is 0 Å². The number of esters is 1. The molecular formula is C12H21NO3. The maximum absolute atomic E-state index is 11.4. The van der Waals surface area contributed by atoms with Crippen molar-refractivity contribution in [3.05, 3.63) is 0 Å². The first-order chi connectivity index (χ1) is 7.81. The molecule has 2 heterocycles. The first-order valence-electron chi connectivity index (χ1n) is 6.21. The number of rotatable bonds is 3. The highest BCUT2D eigenvalue weighted by Gasteiger charge is 2.32. The molecule has 2 aliphatic heterocycles. The highest BCUT2D eigenvalue weighted by Crippen LogP contribution is 2.25. The Balaban J connectivity index is 1.93. The van der Waals surface area contributed by atoms with Crippen molar-refractivity contribution >= 4 is 5.97 Å². The summed E-state index contributed by atoms with van der Waals surface area (Å²) in [4.78, 5) is 13.8. The van der Waals surface area contributed by atoms with Crippen LogP contribution in [0.3, 0.4) is 0 Å². The summed E-state index contributed by atoms with van der Waals surface area (Å²) in [5.74, 6) is -0.0872. The lowest BCUT2D eigenvalue weighted by molar-refractivity contribution is -0.142. The minimum atomic E-state index is -0.0872. The molecular weight excluding hydrogens is 206 g/mol. The third-order valence-corrected chi connectivity index (χ3v) is 3.68. The number of carbonyl (C=O) groups excluding carboxylic acids is 1. The lowest BCUT2D eigenvalue weighted by atomic mass is 9.97. The second-order valence-electron chi connectivity index (χ2n) is 4.69. The van der Waals surface area contributed by atoms with Crippen LogP contribution in [-0.4, -0.2) is 49.8 Å². The van der Waals surface area contributed by atoms with E-state index in [4.69, 9.17) is 9.47 Å². The largest absolute Gasteiger partial charge is 0.469 e. The normalized spacial score (nSPS) is 31.6. The van der Waals surface area contributed by atoms with Crippen LogP contribution in [0.15, 0.2) is 0 Å². The molecule has 0 aromatic heterocycles. The van der Waals surface area contributed by atoms with Gasteiger partial charge in [-0.25, -0.2) is 0 Å². The van der Waals surface area contributed by atoms with Crippen LogP contribution >= 0.6 is 0 Å². The predicted octanol–water partition coefficient (Wildman–Crippen LogP) is 1.19. The number of hydrogen-bond donors (Lipinski definition) is 0.